The summed E-state index contributed by atoms with van der Waals surface area (Å²) >= 11 is 0. The van der Waals surface area contributed by atoms with Crippen molar-refractivity contribution in [3.05, 3.63) is 65.7 Å². The number of hydrazine groups is 1. The first-order valence-electron chi connectivity index (χ1n) is 8.46. The van der Waals surface area contributed by atoms with Crippen LogP contribution in [0.3, 0.4) is 0 Å². The quantitative estimate of drug-likeness (QED) is 0.600. The normalized spacial score (nSPS) is 12.4. The summed E-state index contributed by atoms with van der Waals surface area (Å²) in [5.41, 5.74) is 5.88. The number of benzene rings is 2. The minimum absolute atomic E-state index is 0.391. The minimum Gasteiger partial charge on any atom is -0.479 e. The fraction of sp³-hybridized carbons (Fsp3) is 0.250. The molecule has 0 heterocycles. The molecule has 2 atom stereocenters. The second-order valence-electron chi connectivity index (χ2n) is 5.97. The maximum Gasteiger partial charge on any atom is 0.347 e. The highest BCUT2D eigenvalue weighted by molar-refractivity contribution is 5.95. The van der Waals surface area contributed by atoms with Crippen LogP contribution in [0.4, 0.5) is 0 Å². The molecule has 0 unspecified atom stereocenters. The van der Waals surface area contributed by atoms with Crippen molar-refractivity contribution in [2.24, 2.45) is 0 Å². The molecule has 0 aliphatic rings. The zero-order valence-corrected chi connectivity index (χ0v) is 15.4. The zero-order chi connectivity index (χ0) is 19.8. The number of rotatable bonds is 6. The monoisotopic (exact) mass is 370 g/mol. The predicted molar refractivity (Wildman–Crippen MR) is 98.9 cm³/mol. The van der Waals surface area contributed by atoms with Crippen LogP contribution in [0.1, 0.15) is 29.8 Å². The van der Waals surface area contributed by atoms with Gasteiger partial charge in [0.1, 0.15) is 5.75 Å². The van der Waals surface area contributed by atoms with Crippen LogP contribution in [0.25, 0.3) is 0 Å². The molecule has 2 aromatic rings. The van der Waals surface area contributed by atoms with Crippen molar-refractivity contribution in [2.75, 3.05) is 0 Å². The number of carbonyl (C=O) groups excluding carboxylic acids is 3. The van der Waals surface area contributed by atoms with Gasteiger partial charge in [-0.3, -0.25) is 20.4 Å². The number of nitrogens with one attached hydrogen (secondary N) is 2. The molecule has 7 nitrogen and oxygen atoms in total. The molecule has 7 heteroatoms. The molecule has 0 aromatic heterocycles. The Hall–Kier alpha value is -3.35. The number of aryl methyl sites for hydroxylation is 1. The van der Waals surface area contributed by atoms with Gasteiger partial charge in [0.25, 0.3) is 11.8 Å². The van der Waals surface area contributed by atoms with Gasteiger partial charge in [-0.25, -0.2) is 4.79 Å². The summed E-state index contributed by atoms with van der Waals surface area (Å²) in [6, 6.07) is 15.6. The maximum atomic E-state index is 12.1. The largest absolute Gasteiger partial charge is 0.479 e. The number of ether oxygens (including phenoxy) is 2. The molecule has 0 saturated carbocycles. The van der Waals surface area contributed by atoms with Crippen molar-refractivity contribution in [3.8, 4) is 5.75 Å². The van der Waals surface area contributed by atoms with Gasteiger partial charge in [-0.2, -0.15) is 0 Å². The molecule has 142 valence electrons. The van der Waals surface area contributed by atoms with Crippen LogP contribution in [-0.2, 0) is 14.3 Å². The van der Waals surface area contributed by atoms with Crippen LogP contribution in [0.15, 0.2) is 54.6 Å². The number of hydrogen-bond acceptors (Lipinski definition) is 5. The summed E-state index contributed by atoms with van der Waals surface area (Å²) in [6.07, 6.45) is -1.99. The van der Waals surface area contributed by atoms with E-state index in [1.165, 1.54) is 13.8 Å². The summed E-state index contributed by atoms with van der Waals surface area (Å²) in [5, 5.41) is 0. The third-order valence-electron chi connectivity index (χ3n) is 3.63. The van der Waals surface area contributed by atoms with Crippen molar-refractivity contribution < 1.29 is 23.9 Å². The van der Waals surface area contributed by atoms with Crippen molar-refractivity contribution in [3.63, 3.8) is 0 Å². The number of carbonyl (C=O) groups is 3. The molecule has 2 aromatic carbocycles. The highest BCUT2D eigenvalue weighted by atomic mass is 16.6. The van der Waals surface area contributed by atoms with Crippen LogP contribution in [0.2, 0.25) is 0 Å². The van der Waals surface area contributed by atoms with Crippen LogP contribution in [0, 0.1) is 6.92 Å². The van der Waals surface area contributed by atoms with Gasteiger partial charge in [-0.1, -0.05) is 30.3 Å². The Balaban J connectivity index is 1.80. The fourth-order valence-corrected chi connectivity index (χ4v) is 2.15. The smallest absolute Gasteiger partial charge is 0.347 e. The van der Waals surface area contributed by atoms with E-state index in [1.54, 1.807) is 42.5 Å². The zero-order valence-electron chi connectivity index (χ0n) is 15.4. The molecule has 0 fully saturated rings. The highest BCUT2D eigenvalue weighted by Crippen LogP contribution is 2.14. The third-order valence-corrected chi connectivity index (χ3v) is 3.63. The Morgan fingerprint density at radius 2 is 1.59 bits per heavy atom. The minimum atomic E-state index is -1.10. The summed E-state index contributed by atoms with van der Waals surface area (Å²) in [6.45, 7) is 4.85. The van der Waals surface area contributed by atoms with Crippen LogP contribution in [0.5, 0.6) is 5.75 Å². The molecular weight excluding hydrogens is 348 g/mol. The number of amides is 2. The number of hydrogen-bond donors (Lipinski definition) is 2. The summed E-state index contributed by atoms with van der Waals surface area (Å²) in [5.74, 6) is -1.28. The Morgan fingerprint density at radius 1 is 0.889 bits per heavy atom. The van der Waals surface area contributed by atoms with Gasteiger partial charge in [-0.05, 0) is 50.6 Å². The van der Waals surface area contributed by atoms with Gasteiger partial charge < -0.3 is 9.47 Å². The topological polar surface area (TPSA) is 93.7 Å². The molecule has 0 aliphatic heterocycles. The summed E-state index contributed by atoms with van der Waals surface area (Å²) in [4.78, 5) is 36.0. The molecule has 2 rings (SSSR count). The lowest BCUT2D eigenvalue weighted by Gasteiger charge is -2.18. The van der Waals surface area contributed by atoms with E-state index in [-0.39, 0.29) is 0 Å². The van der Waals surface area contributed by atoms with E-state index in [1.807, 2.05) is 19.1 Å². The lowest BCUT2D eigenvalue weighted by Crippen LogP contribution is -2.47. The van der Waals surface area contributed by atoms with Crippen LogP contribution in [-0.4, -0.2) is 30.0 Å². The van der Waals surface area contributed by atoms with E-state index in [9.17, 15) is 14.4 Å². The van der Waals surface area contributed by atoms with E-state index >= 15 is 0 Å². The average molecular weight is 370 g/mol. The van der Waals surface area contributed by atoms with Gasteiger partial charge in [0.2, 0.25) is 0 Å². The Kier molecular flexibility index (Phi) is 6.93. The van der Waals surface area contributed by atoms with Gasteiger partial charge in [0.05, 0.1) is 0 Å². The molecule has 2 N–H and O–H groups in total. The van der Waals surface area contributed by atoms with E-state index in [0.717, 1.165) is 5.56 Å². The molecule has 27 heavy (non-hydrogen) atoms. The second-order valence-corrected chi connectivity index (χ2v) is 5.97. The summed E-state index contributed by atoms with van der Waals surface area (Å²) in [7, 11) is 0. The summed E-state index contributed by atoms with van der Waals surface area (Å²) < 4.78 is 10.6. The van der Waals surface area contributed by atoms with Gasteiger partial charge in [0.15, 0.2) is 12.2 Å². The van der Waals surface area contributed by atoms with Gasteiger partial charge >= 0.3 is 5.97 Å². The standard InChI is InChI=1S/C20H22N2O5/c1-13-8-7-11-17(12-13)26-15(3)20(25)27-14(2)18(23)21-22-19(24)16-9-5-4-6-10-16/h4-12,14-15H,1-3H3,(H,21,23)(H,22,24)/t14-,15+/m0/s1. The molecule has 0 saturated heterocycles. The molecule has 0 spiro atoms. The predicted octanol–water partition coefficient (Wildman–Crippen LogP) is 2.16. The van der Waals surface area contributed by atoms with Gasteiger partial charge in [-0.15, -0.1) is 0 Å². The SMILES string of the molecule is Cc1cccc(O[C@H](C)C(=O)O[C@@H](C)C(=O)NNC(=O)c2ccccc2)c1. The molecule has 0 bridgehead atoms. The molecule has 2 amide bonds. The van der Waals surface area contributed by atoms with Crippen molar-refractivity contribution >= 4 is 17.8 Å². The molecular formula is C20H22N2O5. The Bertz CT molecular complexity index is 807. The first-order chi connectivity index (χ1) is 12.9. The van der Waals surface area contributed by atoms with E-state index in [0.29, 0.717) is 11.3 Å². The van der Waals surface area contributed by atoms with Gasteiger partial charge in [0, 0.05) is 5.56 Å². The van der Waals surface area contributed by atoms with E-state index in [2.05, 4.69) is 10.9 Å². The van der Waals surface area contributed by atoms with E-state index < -0.39 is 30.0 Å². The molecule has 0 aliphatic carbocycles. The first-order valence-corrected chi connectivity index (χ1v) is 8.46. The lowest BCUT2D eigenvalue weighted by atomic mass is 10.2. The van der Waals surface area contributed by atoms with Crippen LogP contribution < -0.4 is 15.6 Å². The Morgan fingerprint density at radius 3 is 2.26 bits per heavy atom. The fourth-order valence-electron chi connectivity index (χ4n) is 2.15. The van der Waals surface area contributed by atoms with Crippen molar-refractivity contribution in [1.82, 2.24) is 10.9 Å². The number of esters is 1. The third kappa shape index (κ3) is 6.14. The first kappa shape index (κ1) is 20.0. The van der Waals surface area contributed by atoms with Crippen molar-refractivity contribution in [1.29, 1.82) is 0 Å². The average Bonchev–Trinajstić information content (AvgIpc) is 2.66. The van der Waals surface area contributed by atoms with Crippen LogP contribution >= 0.6 is 0 Å². The van der Waals surface area contributed by atoms with E-state index in [4.69, 9.17) is 9.47 Å². The second kappa shape index (κ2) is 9.38. The van der Waals surface area contributed by atoms with Crippen molar-refractivity contribution in [2.45, 2.75) is 33.0 Å². The Labute approximate surface area is 157 Å². The highest BCUT2D eigenvalue weighted by Gasteiger charge is 2.23. The maximum absolute atomic E-state index is 12.1. The lowest BCUT2D eigenvalue weighted by molar-refractivity contribution is -0.161. The molecule has 0 radical (unpaired) electrons.